The molecule has 17 heavy (non-hydrogen) atoms. The lowest BCUT2D eigenvalue weighted by atomic mass is 10.1. The van der Waals surface area contributed by atoms with Gasteiger partial charge in [-0.05, 0) is 18.1 Å². The van der Waals surface area contributed by atoms with Gasteiger partial charge in [-0.15, -0.1) is 0 Å². The van der Waals surface area contributed by atoms with Gasteiger partial charge in [-0.25, -0.2) is 8.78 Å². The second-order valence-electron chi connectivity index (χ2n) is 4.37. The van der Waals surface area contributed by atoms with Gasteiger partial charge in [-0.3, -0.25) is 4.79 Å². The van der Waals surface area contributed by atoms with Crippen molar-refractivity contribution in [2.24, 2.45) is 0 Å². The third-order valence-electron chi connectivity index (χ3n) is 3.13. The molecule has 0 aromatic heterocycles. The molecule has 1 aromatic carbocycles. The van der Waals surface area contributed by atoms with Crippen LogP contribution in [0.1, 0.15) is 18.4 Å². The zero-order valence-electron chi connectivity index (χ0n) is 9.59. The Kier molecular flexibility index (Phi) is 3.84. The topological polar surface area (TPSA) is 20.3 Å². The van der Waals surface area contributed by atoms with Gasteiger partial charge in [0.2, 0.25) is 0 Å². The summed E-state index contributed by atoms with van der Waals surface area (Å²) in [5.74, 6) is -0.734. The van der Waals surface area contributed by atoms with E-state index in [0.717, 1.165) is 25.7 Å². The highest BCUT2D eigenvalue weighted by Crippen LogP contribution is 2.12. The third kappa shape index (κ3) is 3.33. The standard InChI is InChI=1S/C13H15F2NO/c14-11-2-1-10(13(15)9-11)3-6-16-7-4-12(17)5-8-16/h1-2,9H,3-8H2. The third-order valence-corrected chi connectivity index (χ3v) is 3.13. The first-order chi connectivity index (χ1) is 8.15. The van der Waals surface area contributed by atoms with Gasteiger partial charge < -0.3 is 4.90 Å². The Labute approximate surface area is 99.2 Å². The number of ketones is 1. The van der Waals surface area contributed by atoms with E-state index in [4.69, 9.17) is 0 Å². The van der Waals surface area contributed by atoms with E-state index in [-0.39, 0.29) is 0 Å². The predicted octanol–water partition coefficient (Wildman–Crippen LogP) is 2.17. The largest absolute Gasteiger partial charge is 0.302 e. The number of benzene rings is 1. The van der Waals surface area contributed by atoms with Crippen LogP contribution in [0.5, 0.6) is 0 Å². The lowest BCUT2D eigenvalue weighted by Gasteiger charge is -2.25. The van der Waals surface area contributed by atoms with Crippen LogP contribution in [0.2, 0.25) is 0 Å². The second-order valence-corrected chi connectivity index (χ2v) is 4.37. The number of carbonyl (C=O) groups excluding carboxylic acids is 1. The average molecular weight is 239 g/mol. The Bertz CT molecular complexity index is 410. The summed E-state index contributed by atoms with van der Waals surface area (Å²) >= 11 is 0. The van der Waals surface area contributed by atoms with Crippen molar-refractivity contribution < 1.29 is 13.6 Å². The Morgan fingerprint density at radius 1 is 1.18 bits per heavy atom. The summed E-state index contributed by atoms with van der Waals surface area (Å²) in [5, 5.41) is 0. The molecule has 1 aliphatic heterocycles. The van der Waals surface area contributed by atoms with E-state index in [1.165, 1.54) is 12.1 Å². The molecule has 2 rings (SSSR count). The fourth-order valence-electron chi connectivity index (χ4n) is 2.03. The van der Waals surface area contributed by atoms with Crippen molar-refractivity contribution in [3.05, 3.63) is 35.4 Å². The number of hydrogen-bond donors (Lipinski definition) is 0. The van der Waals surface area contributed by atoms with E-state index in [1.807, 2.05) is 0 Å². The SMILES string of the molecule is O=C1CCN(CCc2ccc(F)cc2F)CC1. The van der Waals surface area contributed by atoms with Crippen LogP contribution >= 0.6 is 0 Å². The smallest absolute Gasteiger partial charge is 0.135 e. The summed E-state index contributed by atoms with van der Waals surface area (Å²) in [6, 6.07) is 3.67. The number of hydrogen-bond acceptors (Lipinski definition) is 2. The highest BCUT2D eigenvalue weighted by Gasteiger charge is 2.16. The molecule has 2 nitrogen and oxygen atoms in total. The van der Waals surface area contributed by atoms with Gasteiger partial charge in [-0.2, -0.15) is 0 Å². The molecule has 0 spiro atoms. The summed E-state index contributed by atoms with van der Waals surface area (Å²) in [6.45, 7) is 2.22. The van der Waals surface area contributed by atoms with Crippen molar-refractivity contribution >= 4 is 5.78 Å². The fraction of sp³-hybridized carbons (Fsp3) is 0.462. The Morgan fingerprint density at radius 3 is 2.53 bits per heavy atom. The maximum Gasteiger partial charge on any atom is 0.135 e. The molecule has 0 aliphatic carbocycles. The molecular weight excluding hydrogens is 224 g/mol. The highest BCUT2D eigenvalue weighted by atomic mass is 19.1. The van der Waals surface area contributed by atoms with Crippen LogP contribution in [0, 0.1) is 11.6 Å². The molecule has 1 aromatic rings. The number of nitrogens with zero attached hydrogens (tertiary/aromatic N) is 1. The van der Waals surface area contributed by atoms with Gasteiger partial charge in [0.1, 0.15) is 17.4 Å². The molecule has 0 saturated carbocycles. The molecule has 4 heteroatoms. The highest BCUT2D eigenvalue weighted by molar-refractivity contribution is 5.79. The number of likely N-dealkylation sites (tertiary alicyclic amines) is 1. The molecule has 0 amide bonds. The maximum atomic E-state index is 13.4. The van der Waals surface area contributed by atoms with Crippen LogP contribution < -0.4 is 0 Å². The van der Waals surface area contributed by atoms with Crippen molar-refractivity contribution in [3.63, 3.8) is 0 Å². The summed E-state index contributed by atoms with van der Waals surface area (Å²) in [7, 11) is 0. The van der Waals surface area contributed by atoms with Gasteiger partial charge in [0.05, 0.1) is 0 Å². The first-order valence-electron chi connectivity index (χ1n) is 5.83. The lowest BCUT2D eigenvalue weighted by Crippen LogP contribution is -2.35. The van der Waals surface area contributed by atoms with Gasteiger partial charge in [-0.1, -0.05) is 6.07 Å². The molecule has 0 unspecified atom stereocenters. The fourth-order valence-corrected chi connectivity index (χ4v) is 2.03. The Balaban J connectivity index is 1.87. The lowest BCUT2D eigenvalue weighted by molar-refractivity contribution is -0.121. The first-order valence-corrected chi connectivity index (χ1v) is 5.83. The molecule has 1 saturated heterocycles. The molecule has 0 radical (unpaired) electrons. The Hall–Kier alpha value is -1.29. The van der Waals surface area contributed by atoms with Crippen molar-refractivity contribution in [2.45, 2.75) is 19.3 Å². The molecule has 92 valence electrons. The van der Waals surface area contributed by atoms with E-state index in [1.54, 1.807) is 0 Å². The van der Waals surface area contributed by atoms with Crippen LogP contribution in [0.15, 0.2) is 18.2 Å². The van der Waals surface area contributed by atoms with Crippen molar-refractivity contribution in [1.29, 1.82) is 0 Å². The number of rotatable bonds is 3. The van der Waals surface area contributed by atoms with Crippen LogP contribution in [-0.4, -0.2) is 30.3 Å². The molecule has 1 fully saturated rings. The first kappa shape index (κ1) is 12.2. The molecule has 0 N–H and O–H groups in total. The number of Topliss-reactive ketones (excluding diaryl/α,β-unsaturated/α-hetero) is 1. The normalized spacial score (nSPS) is 17.4. The van der Waals surface area contributed by atoms with Crippen molar-refractivity contribution in [2.75, 3.05) is 19.6 Å². The van der Waals surface area contributed by atoms with E-state index in [0.29, 0.717) is 30.6 Å². The maximum absolute atomic E-state index is 13.4. The summed E-state index contributed by atoms with van der Waals surface area (Å²) in [4.78, 5) is 13.2. The Morgan fingerprint density at radius 2 is 1.88 bits per heavy atom. The van der Waals surface area contributed by atoms with E-state index in [2.05, 4.69) is 4.90 Å². The van der Waals surface area contributed by atoms with Crippen molar-refractivity contribution in [1.82, 2.24) is 4.90 Å². The number of halogens is 2. The number of carbonyl (C=O) groups is 1. The van der Waals surface area contributed by atoms with Crippen LogP contribution in [-0.2, 0) is 11.2 Å². The molecule has 1 aliphatic rings. The van der Waals surface area contributed by atoms with Crippen LogP contribution in [0.25, 0.3) is 0 Å². The van der Waals surface area contributed by atoms with Crippen LogP contribution in [0.4, 0.5) is 8.78 Å². The molecule has 0 atom stereocenters. The predicted molar refractivity (Wildman–Crippen MR) is 60.7 cm³/mol. The van der Waals surface area contributed by atoms with Gasteiger partial charge >= 0.3 is 0 Å². The second kappa shape index (κ2) is 5.36. The summed E-state index contributed by atoms with van der Waals surface area (Å²) < 4.78 is 26.1. The number of piperidine rings is 1. The minimum Gasteiger partial charge on any atom is -0.302 e. The molecule has 1 heterocycles. The summed E-state index contributed by atoms with van der Waals surface area (Å²) in [5.41, 5.74) is 0.531. The van der Waals surface area contributed by atoms with Gasteiger partial charge in [0, 0.05) is 38.5 Å². The summed E-state index contributed by atoms with van der Waals surface area (Å²) in [6.07, 6.45) is 1.73. The molecule has 0 bridgehead atoms. The van der Waals surface area contributed by atoms with E-state index in [9.17, 15) is 13.6 Å². The van der Waals surface area contributed by atoms with Gasteiger partial charge in [0.15, 0.2) is 0 Å². The zero-order chi connectivity index (χ0) is 12.3. The minimum absolute atomic E-state index is 0.300. The van der Waals surface area contributed by atoms with Crippen LogP contribution in [0.3, 0.4) is 0 Å². The average Bonchev–Trinajstić information content (AvgIpc) is 2.30. The minimum atomic E-state index is -0.546. The van der Waals surface area contributed by atoms with E-state index >= 15 is 0 Å². The molecular formula is C13H15F2NO. The zero-order valence-corrected chi connectivity index (χ0v) is 9.59. The van der Waals surface area contributed by atoms with Crippen molar-refractivity contribution in [3.8, 4) is 0 Å². The quantitative estimate of drug-likeness (QED) is 0.805. The van der Waals surface area contributed by atoms with E-state index < -0.39 is 11.6 Å². The van der Waals surface area contributed by atoms with Gasteiger partial charge in [0.25, 0.3) is 0 Å². The monoisotopic (exact) mass is 239 g/mol.